The van der Waals surface area contributed by atoms with Crippen LogP contribution in [0.2, 0.25) is 5.02 Å². The van der Waals surface area contributed by atoms with Crippen LogP contribution in [0.25, 0.3) is 0 Å². The van der Waals surface area contributed by atoms with Crippen molar-refractivity contribution < 1.29 is 14.3 Å². The normalized spacial score (nSPS) is 17.3. The molecule has 6 heteroatoms. The molecule has 0 amide bonds. The summed E-state index contributed by atoms with van der Waals surface area (Å²) in [5.74, 6) is 0.995. The highest BCUT2D eigenvalue weighted by Crippen LogP contribution is 2.57. The summed E-state index contributed by atoms with van der Waals surface area (Å²) in [5.41, 5.74) is 5.37. The maximum atomic E-state index is 13.4. The summed E-state index contributed by atoms with van der Waals surface area (Å²) in [6.07, 6.45) is 0. The Labute approximate surface area is 247 Å². The Kier molecular flexibility index (Phi) is 6.16. The summed E-state index contributed by atoms with van der Waals surface area (Å²) < 4.78 is 13.1. The highest BCUT2D eigenvalue weighted by molar-refractivity contribution is 6.30. The first-order valence-electron chi connectivity index (χ1n) is 13.9. The van der Waals surface area contributed by atoms with E-state index in [-0.39, 0.29) is 17.0 Å². The number of rotatable bonds is 3. The summed E-state index contributed by atoms with van der Waals surface area (Å²) in [6, 6.07) is 25.5. The van der Waals surface area contributed by atoms with E-state index in [2.05, 4.69) is 70.0 Å². The van der Waals surface area contributed by atoms with E-state index in [0.717, 1.165) is 39.3 Å². The molecule has 0 fully saturated rings. The van der Waals surface area contributed by atoms with Gasteiger partial charge in [0.2, 0.25) is 0 Å². The molecule has 0 bridgehead atoms. The fourth-order valence-corrected chi connectivity index (χ4v) is 6.68. The third kappa shape index (κ3) is 4.43. The van der Waals surface area contributed by atoms with Gasteiger partial charge in [0.1, 0.15) is 11.5 Å². The second kappa shape index (κ2) is 9.28. The van der Waals surface area contributed by atoms with Crippen LogP contribution in [-0.4, -0.2) is 17.0 Å². The Morgan fingerprint density at radius 3 is 2.12 bits per heavy atom. The van der Waals surface area contributed by atoms with E-state index in [9.17, 15) is 4.79 Å². The molecule has 6 rings (SSSR count). The summed E-state index contributed by atoms with van der Waals surface area (Å²) in [4.78, 5) is 15.8. The smallest absolute Gasteiger partial charge is 0.340 e. The lowest BCUT2D eigenvalue weighted by Crippen LogP contribution is -2.53. The van der Waals surface area contributed by atoms with E-state index in [0.29, 0.717) is 22.1 Å². The number of fused-ring (bicyclic) bond motifs is 6. The van der Waals surface area contributed by atoms with Crippen molar-refractivity contribution in [1.29, 1.82) is 0 Å². The third-order valence-corrected chi connectivity index (χ3v) is 8.02. The number of esters is 1. The average Bonchev–Trinajstić information content (AvgIpc) is 3.17. The molecule has 4 aromatic rings. The molecular weight excluding hydrogens is 532 g/mol. The number of anilines is 3. The number of hydrogen-bond acceptors (Lipinski definition) is 5. The van der Waals surface area contributed by atoms with E-state index < -0.39 is 5.60 Å². The molecule has 0 radical (unpaired) electrons. The molecule has 4 aromatic carbocycles. The second-order valence-corrected chi connectivity index (χ2v) is 13.3. The van der Waals surface area contributed by atoms with Crippen molar-refractivity contribution in [3.63, 3.8) is 0 Å². The van der Waals surface area contributed by atoms with Crippen LogP contribution in [0.1, 0.15) is 74.2 Å². The molecule has 1 N–H and O–H groups in total. The van der Waals surface area contributed by atoms with Gasteiger partial charge in [-0.05, 0) is 109 Å². The average molecular weight is 567 g/mol. The van der Waals surface area contributed by atoms with Crippen molar-refractivity contribution in [3.05, 3.63) is 112 Å². The first-order valence-corrected chi connectivity index (χ1v) is 14.3. The fraction of sp³-hybridized carbons (Fsp3) is 0.286. The van der Waals surface area contributed by atoms with Crippen molar-refractivity contribution in [2.45, 2.75) is 65.1 Å². The standard InChI is InChI=1S/C35H35ClN2O3/c1-21-18-30-28(20-29(21)37-23-14-12-22(36)13-15-23)35(26-11-9-8-10-25(26)32(39)41-35)27-17-16-24(19-31(27)40-30)38(33(2,3)4)34(5,6)7/h8-20,37H,1-7H3. The molecule has 2 aliphatic heterocycles. The third-order valence-electron chi connectivity index (χ3n) is 7.77. The molecule has 0 aliphatic carbocycles. The van der Waals surface area contributed by atoms with Crippen LogP contribution in [0.15, 0.2) is 78.9 Å². The molecule has 5 nitrogen and oxygen atoms in total. The van der Waals surface area contributed by atoms with Gasteiger partial charge in [-0.3, -0.25) is 0 Å². The summed E-state index contributed by atoms with van der Waals surface area (Å²) in [7, 11) is 0. The summed E-state index contributed by atoms with van der Waals surface area (Å²) >= 11 is 6.12. The number of ether oxygens (including phenoxy) is 2. The fourth-order valence-electron chi connectivity index (χ4n) is 6.55. The van der Waals surface area contributed by atoms with Crippen LogP contribution < -0.4 is 15.0 Å². The molecule has 210 valence electrons. The van der Waals surface area contributed by atoms with Gasteiger partial charge in [-0.25, -0.2) is 4.79 Å². The maximum Gasteiger partial charge on any atom is 0.340 e. The predicted molar refractivity (Wildman–Crippen MR) is 166 cm³/mol. The van der Waals surface area contributed by atoms with Crippen LogP contribution in [0.5, 0.6) is 11.5 Å². The van der Waals surface area contributed by atoms with Gasteiger partial charge in [0, 0.05) is 55.9 Å². The Morgan fingerprint density at radius 2 is 1.44 bits per heavy atom. The van der Waals surface area contributed by atoms with Gasteiger partial charge in [0.25, 0.3) is 0 Å². The number of halogens is 1. The van der Waals surface area contributed by atoms with Crippen LogP contribution in [0, 0.1) is 6.92 Å². The zero-order valence-corrected chi connectivity index (χ0v) is 25.3. The summed E-state index contributed by atoms with van der Waals surface area (Å²) in [6.45, 7) is 15.3. The molecule has 2 heterocycles. The van der Waals surface area contributed by atoms with Crippen molar-refractivity contribution in [2.24, 2.45) is 0 Å². The van der Waals surface area contributed by atoms with Gasteiger partial charge in [-0.1, -0.05) is 29.8 Å². The van der Waals surface area contributed by atoms with Gasteiger partial charge in [0.15, 0.2) is 5.60 Å². The molecular formula is C35H35ClN2O3. The quantitative estimate of drug-likeness (QED) is 0.250. The first-order chi connectivity index (χ1) is 19.3. The van der Waals surface area contributed by atoms with Crippen molar-refractivity contribution >= 4 is 34.6 Å². The van der Waals surface area contributed by atoms with Crippen molar-refractivity contribution in [3.8, 4) is 11.5 Å². The van der Waals surface area contributed by atoms with Gasteiger partial charge in [-0.15, -0.1) is 0 Å². The number of benzene rings is 4. The molecule has 1 unspecified atom stereocenters. The van der Waals surface area contributed by atoms with Crippen LogP contribution >= 0.6 is 11.6 Å². The number of carbonyl (C=O) groups is 1. The maximum absolute atomic E-state index is 13.4. The van der Waals surface area contributed by atoms with Crippen LogP contribution in [0.3, 0.4) is 0 Å². The van der Waals surface area contributed by atoms with E-state index in [1.165, 1.54) is 0 Å². The molecule has 2 aliphatic rings. The minimum Gasteiger partial charge on any atom is -0.456 e. The monoisotopic (exact) mass is 566 g/mol. The summed E-state index contributed by atoms with van der Waals surface area (Å²) in [5, 5.41) is 4.18. The number of nitrogens with one attached hydrogen (secondary N) is 1. The topological polar surface area (TPSA) is 50.8 Å². The number of carbonyl (C=O) groups excluding carboxylic acids is 1. The Bertz CT molecular complexity index is 1670. The van der Waals surface area contributed by atoms with Gasteiger partial charge in [0.05, 0.1) is 5.56 Å². The number of aryl methyl sites for hydroxylation is 1. The lowest BCUT2D eigenvalue weighted by atomic mass is 9.77. The predicted octanol–water partition coefficient (Wildman–Crippen LogP) is 9.36. The van der Waals surface area contributed by atoms with Crippen LogP contribution in [-0.2, 0) is 10.3 Å². The minimum absolute atomic E-state index is 0.137. The van der Waals surface area contributed by atoms with Gasteiger partial charge >= 0.3 is 5.97 Å². The van der Waals surface area contributed by atoms with Crippen molar-refractivity contribution in [2.75, 3.05) is 10.2 Å². The second-order valence-electron chi connectivity index (χ2n) is 12.9. The largest absolute Gasteiger partial charge is 0.456 e. The van der Waals surface area contributed by atoms with E-state index in [1.54, 1.807) is 0 Å². The lowest BCUT2D eigenvalue weighted by molar-refractivity contribution is 0.0224. The van der Waals surface area contributed by atoms with Gasteiger partial charge < -0.3 is 19.7 Å². The Morgan fingerprint density at radius 1 is 0.780 bits per heavy atom. The van der Waals surface area contributed by atoms with Crippen LogP contribution in [0.4, 0.5) is 17.1 Å². The lowest BCUT2D eigenvalue weighted by Gasteiger charge is -2.48. The Balaban J connectivity index is 1.57. The highest BCUT2D eigenvalue weighted by atomic mass is 35.5. The SMILES string of the molecule is Cc1cc2c(cc1Nc1ccc(Cl)cc1)C1(OC(=O)c3ccccc31)c1ccc(N(C(C)(C)C)C(C)(C)C)cc1O2. The molecule has 0 saturated carbocycles. The van der Waals surface area contributed by atoms with Crippen molar-refractivity contribution in [1.82, 2.24) is 0 Å². The molecule has 1 spiro atoms. The van der Waals surface area contributed by atoms with Gasteiger partial charge in [-0.2, -0.15) is 0 Å². The molecule has 1 atom stereocenters. The minimum atomic E-state index is -1.15. The van der Waals surface area contributed by atoms with E-state index in [1.807, 2.05) is 67.6 Å². The number of hydrogen-bond donors (Lipinski definition) is 1. The highest BCUT2D eigenvalue weighted by Gasteiger charge is 2.54. The Hall–Kier alpha value is -3.96. The zero-order chi connectivity index (χ0) is 29.3. The molecule has 41 heavy (non-hydrogen) atoms. The van der Waals surface area contributed by atoms with E-state index in [4.69, 9.17) is 21.1 Å². The first kappa shape index (κ1) is 27.2. The molecule has 0 aromatic heterocycles. The number of nitrogens with zero attached hydrogens (tertiary/aromatic N) is 1. The molecule has 0 saturated heterocycles. The zero-order valence-electron chi connectivity index (χ0n) is 24.6. The van der Waals surface area contributed by atoms with E-state index >= 15 is 0 Å².